The van der Waals surface area contributed by atoms with E-state index >= 15 is 0 Å². The topological polar surface area (TPSA) is 84.8 Å². The van der Waals surface area contributed by atoms with Gasteiger partial charge in [0.2, 0.25) is 5.91 Å². The van der Waals surface area contributed by atoms with Crippen molar-refractivity contribution in [2.24, 2.45) is 0 Å². The van der Waals surface area contributed by atoms with Crippen molar-refractivity contribution < 1.29 is 9.59 Å². The summed E-state index contributed by atoms with van der Waals surface area (Å²) in [6.45, 7) is 9.54. The van der Waals surface area contributed by atoms with Gasteiger partial charge in [0.1, 0.15) is 11.6 Å². The summed E-state index contributed by atoms with van der Waals surface area (Å²) in [6.07, 6.45) is 2.15. The summed E-state index contributed by atoms with van der Waals surface area (Å²) in [5, 5.41) is 3.27. The van der Waals surface area contributed by atoms with Gasteiger partial charge in [0.15, 0.2) is 5.13 Å². The fraction of sp³-hybridized carbons (Fsp3) is 0.471. The van der Waals surface area contributed by atoms with Crippen molar-refractivity contribution in [2.45, 2.75) is 52.9 Å². The lowest BCUT2D eigenvalue weighted by Crippen LogP contribution is -2.15. The van der Waals surface area contributed by atoms with Gasteiger partial charge >= 0.3 is 0 Å². The number of hydrogen-bond donors (Lipinski definition) is 1. The standard InChI is InChI=1S/C17H22N4O2S/c1-10(22)6-7-13(23)21-16-19-11(2)14(24-16)12-8-9-18-15(20-12)17(3,4)5/h8-9H,6-7H2,1-5H3,(H,19,21,23). The van der Waals surface area contributed by atoms with Crippen LogP contribution in [0.5, 0.6) is 0 Å². The third-order valence-electron chi connectivity index (χ3n) is 3.31. The van der Waals surface area contributed by atoms with Crippen molar-refractivity contribution in [1.82, 2.24) is 15.0 Å². The van der Waals surface area contributed by atoms with Gasteiger partial charge in [-0.1, -0.05) is 32.1 Å². The molecule has 0 radical (unpaired) electrons. The molecule has 0 saturated heterocycles. The number of anilines is 1. The fourth-order valence-electron chi connectivity index (χ4n) is 2.01. The Labute approximate surface area is 145 Å². The molecule has 0 atom stereocenters. The van der Waals surface area contributed by atoms with Gasteiger partial charge in [-0.2, -0.15) is 0 Å². The summed E-state index contributed by atoms with van der Waals surface area (Å²) >= 11 is 1.38. The molecular weight excluding hydrogens is 324 g/mol. The molecule has 1 amide bonds. The van der Waals surface area contributed by atoms with Crippen LogP contribution >= 0.6 is 11.3 Å². The smallest absolute Gasteiger partial charge is 0.226 e. The van der Waals surface area contributed by atoms with Crippen LogP contribution in [-0.4, -0.2) is 26.6 Å². The van der Waals surface area contributed by atoms with E-state index < -0.39 is 0 Å². The minimum absolute atomic E-state index is 0.00291. The number of nitrogens with one attached hydrogen (secondary N) is 1. The predicted molar refractivity (Wildman–Crippen MR) is 95.1 cm³/mol. The van der Waals surface area contributed by atoms with Crippen LogP contribution in [0.1, 0.15) is 52.1 Å². The zero-order valence-corrected chi connectivity index (χ0v) is 15.5. The van der Waals surface area contributed by atoms with Gasteiger partial charge in [-0.25, -0.2) is 15.0 Å². The molecular formula is C17H22N4O2S. The number of ketones is 1. The number of aryl methyl sites for hydroxylation is 1. The van der Waals surface area contributed by atoms with Gasteiger partial charge in [-0.05, 0) is 19.9 Å². The maximum absolute atomic E-state index is 11.8. The van der Waals surface area contributed by atoms with E-state index in [1.165, 1.54) is 18.3 Å². The average molecular weight is 346 g/mol. The first kappa shape index (κ1) is 18.2. The molecule has 0 aliphatic heterocycles. The lowest BCUT2D eigenvalue weighted by molar-refractivity contribution is -0.121. The Hall–Kier alpha value is -2.15. The van der Waals surface area contributed by atoms with Crippen LogP contribution in [0.3, 0.4) is 0 Å². The van der Waals surface area contributed by atoms with Crippen LogP contribution in [-0.2, 0) is 15.0 Å². The quantitative estimate of drug-likeness (QED) is 0.895. The highest BCUT2D eigenvalue weighted by atomic mass is 32.1. The second-order valence-corrected chi connectivity index (χ2v) is 7.70. The largest absolute Gasteiger partial charge is 0.302 e. The molecule has 0 unspecified atom stereocenters. The summed E-state index contributed by atoms with van der Waals surface area (Å²) in [6, 6.07) is 1.84. The summed E-state index contributed by atoms with van der Waals surface area (Å²) in [5.74, 6) is 0.556. The third kappa shape index (κ3) is 4.67. The highest BCUT2D eigenvalue weighted by molar-refractivity contribution is 7.19. The van der Waals surface area contributed by atoms with Gasteiger partial charge in [-0.15, -0.1) is 0 Å². The lowest BCUT2D eigenvalue weighted by Gasteiger charge is -2.16. The molecule has 0 aromatic carbocycles. The average Bonchev–Trinajstić information content (AvgIpc) is 2.85. The van der Waals surface area contributed by atoms with Crippen molar-refractivity contribution in [3.05, 3.63) is 23.8 Å². The van der Waals surface area contributed by atoms with Gasteiger partial charge in [0, 0.05) is 24.5 Å². The number of aromatic nitrogens is 3. The van der Waals surface area contributed by atoms with Crippen LogP contribution in [0.4, 0.5) is 5.13 Å². The third-order valence-corrected chi connectivity index (χ3v) is 4.40. The van der Waals surface area contributed by atoms with Crippen molar-refractivity contribution in [1.29, 1.82) is 0 Å². The van der Waals surface area contributed by atoms with E-state index in [0.29, 0.717) is 5.13 Å². The van der Waals surface area contributed by atoms with Gasteiger partial charge < -0.3 is 10.1 Å². The minimum Gasteiger partial charge on any atom is -0.302 e. The molecule has 24 heavy (non-hydrogen) atoms. The maximum Gasteiger partial charge on any atom is 0.226 e. The molecule has 7 heteroatoms. The number of carbonyl (C=O) groups is 2. The SMILES string of the molecule is CC(=O)CCC(=O)Nc1nc(C)c(-c2ccnc(C(C)(C)C)n2)s1. The van der Waals surface area contributed by atoms with Crippen LogP contribution < -0.4 is 5.32 Å². The first-order chi connectivity index (χ1) is 11.2. The number of nitrogens with zero attached hydrogens (tertiary/aromatic N) is 3. The second kappa shape index (κ2) is 7.17. The first-order valence-electron chi connectivity index (χ1n) is 7.77. The predicted octanol–water partition coefficient (Wildman–Crippen LogP) is 3.51. The monoisotopic (exact) mass is 346 g/mol. The molecule has 2 aromatic heterocycles. The molecule has 0 aliphatic rings. The molecule has 128 valence electrons. The van der Waals surface area contributed by atoms with Crippen molar-refractivity contribution in [3.63, 3.8) is 0 Å². The van der Waals surface area contributed by atoms with E-state index in [1.807, 2.05) is 13.0 Å². The Morgan fingerprint density at radius 3 is 2.54 bits per heavy atom. The van der Waals surface area contributed by atoms with Crippen LogP contribution in [0.25, 0.3) is 10.6 Å². The van der Waals surface area contributed by atoms with Crippen molar-refractivity contribution in [2.75, 3.05) is 5.32 Å². The minimum atomic E-state index is -0.205. The summed E-state index contributed by atoms with van der Waals surface area (Å²) in [5.41, 5.74) is 1.47. The molecule has 6 nitrogen and oxygen atoms in total. The summed E-state index contributed by atoms with van der Waals surface area (Å²) in [4.78, 5) is 37.0. The number of carbonyl (C=O) groups excluding carboxylic acids is 2. The van der Waals surface area contributed by atoms with Crippen LogP contribution in [0.2, 0.25) is 0 Å². The van der Waals surface area contributed by atoms with E-state index in [9.17, 15) is 9.59 Å². The number of thiazole rings is 1. The normalized spacial score (nSPS) is 11.4. The highest BCUT2D eigenvalue weighted by Gasteiger charge is 2.19. The van der Waals surface area contributed by atoms with E-state index in [4.69, 9.17) is 0 Å². The maximum atomic E-state index is 11.8. The fourth-order valence-corrected chi connectivity index (χ4v) is 2.96. The van der Waals surface area contributed by atoms with Gasteiger partial charge in [0.05, 0.1) is 16.3 Å². The van der Waals surface area contributed by atoms with Crippen LogP contribution in [0, 0.1) is 6.92 Å². The molecule has 1 N–H and O–H groups in total. The Morgan fingerprint density at radius 2 is 1.92 bits per heavy atom. The van der Waals surface area contributed by atoms with E-state index in [2.05, 4.69) is 41.0 Å². The molecule has 0 spiro atoms. The number of rotatable bonds is 5. The molecule has 2 rings (SSSR count). The van der Waals surface area contributed by atoms with E-state index in [-0.39, 0.29) is 29.9 Å². The Kier molecular flexibility index (Phi) is 5.43. The molecule has 0 saturated carbocycles. The Bertz CT molecular complexity index is 762. The zero-order chi connectivity index (χ0) is 17.9. The van der Waals surface area contributed by atoms with Crippen LogP contribution in [0.15, 0.2) is 12.3 Å². The molecule has 0 bridgehead atoms. The number of Topliss-reactive ketones (excluding diaryl/α,β-unsaturated/α-hetero) is 1. The molecule has 0 aliphatic carbocycles. The van der Waals surface area contributed by atoms with Gasteiger partial charge in [-0.3, -0.25) is 4.79 Å². The lowest BCUT2D eigenvalue weighted by atomic mass is 9.95. The van der Waals surface area contributed by atoms with Crippen molar-refractivity contribution >= 4 is 28.2 Å². The van der Waals surface area contributed by atoms with Crippen molar-refractivity contribution in [3.8, 4) is 10.6 Å². The highest BCUT2D eigenvalue weighted by Crippen LogP contribution is 2.32. The molecule has 0 fully saturated rings. The second-order valence-electron chi connectivity index (χ2n) is 6.70. The number of amides is 1. The number of hydrogen-bond acceptors (Lipinski definition) is 6. The zero-order valence-electron chi connectivity index (χ0n) is 14.6. The van der Waals surface area contributed by atoms with Gasteiger partial charge in [0.25, 0.3) is 0 Å². The Morgan fingerprint density at radius 1 is 1.21 bits per heavy atom. The Balaban J connectivity index is 2.20. The molecule has 2 aromatic rings. The summed E-state index contributed by atoms with van der Waals surface area (Å²) < 4.78 is 0. The molecule has 2 heterocycles. The summed E-state index contributed by atoms with van der Waals surface area (Å²) in [7, 11) is 0. The first-order valence-corrected chi connectivity index (χ1v) is 8.59. The van der Waals surface area contributed by atoms with E-state index in [0.717, 1.165) is 22.1 Å². The van der Waals surface area contributed by atoms with E-state index in [1.54, 1.807) is 6.20 Å².